The van der Waals surface area contributed by atoms with E-state index >= 15 is 0 Å². The molecule has 0 radical (unpaired) electrons. The van der Waals surface area contributed by atoms with Gasteiger partial charge in [0.1, 0.15) is 4.88 Å². The van der Waals surface area contributed by atoms with Gasteiger partial charge in [-0.2, -0.15) is 0 Å². The molecule has 0 aromatic carbocycles. The van der Waals surface area contributed by atoms with Crippen LogP contribution in [-0.4, -0.2) is 21.3 Å². The summed E-state index contributed by atoms with van der Waals surface area (Å²) in [5.41, 5.74) is 0.663. The lowest BCUT2D eigenvalue weighted by Crippen LogP contribution is -1.98. The van der Waals surface area contributed by atoms with Gasteiger partial charge in [-0.15, -0.1) is 16.7 Å². The van der Waals surface area contributed by atoms with E-state index < -0.39 is 0 Å². The molecule has 0 amide bonds. The van der Waals surface area contributed by atoms with E-state index in [2.05, 4.69) is 9.59 Å². The van der Waals surface area contributed by atoms with Crippen molar-refractivity contribution in [1.82, 2.24) is 9.59 Å². The summed E-state index contributed by atoms with van der Waals surface area (Å²) in [6.45, 7) is 1.74. The van der Waals surface area contributed by atoms with Crippen LogP contribution in [0.1, 0.15) is 15.4 Å². The van der Waals surface area contributed by atoms with Crippen LogP contribution in [0, 0.1) is 6.92 Å². The van der Waals surface area contributed by atoms with Crippen LogP contribution in [0.15, 0.2) is 0 Å². The molecule has 3 nitrogen and oxygen atoms in total. The van der Waals surface area contributed by atoms with E-state index in [1.54, 1.807) is 6.92 Å². The van der Waals surface area contributed by atoms with Crippen molar-refractivity contribution in [3.05, 3.63) is 10.6 Å². The predicted molar refractivity (Wildman–Crippen MR) is 39.7 cm³/mol. The number of nitrogens with zero attached hydrogens (tertiary/aromatic N) is 2. The number of halogens is 1. The maximum Gasteiger partial charge on any atom is 0.191 e. The fourth-order valence-corrected chi connectivity index (χ4v) is 1.35. The highest BCUT2D eigenvalue weighted by molar-refractivity contribution is 7.08. The Labute approximate surface area is 67.2 Å². The van der Waals surface area contributed by atoms with Crippen LogP contribution in [-0.2, 0) is 0 Å². The van der Waals surface area contributed by atoms with Crippen LogP contribution in [0.4, 0.5) is 0 Å². The molecule has 0 N–H and O–H groups in total. The first-order valence-corrected chi connectivity index (χ1v) is 3.94. The first-order valence-electron chi connectivity index (χ1n) is 2.64. The van der Waals surface area contributed by atoms with Gasteiger partial charge in [-0.25, -0.2) is 0 Å². The van der Waals surface area contributed by atoms with E-state index in [-0.39, 0.29) is 11.7 Å². The summed E-state index contributed by atoms with van der Waals surface area (Å²) in [5.74, 6) is -0.0979. The number of aryl methyl sites for hydroxylation is 1. The van der Waals surface area contributed by atoms with E-state index in [0.29, 0.717) is 10.6 Å². The highest BCUT2D eigenvalue weighted by Gasteiger charge is 2.10. The van der Waals surface area contributed by atoms with Crippen LogP contribution < -0.4 is 0 Å². The van der Waals surface area contributed by atoms with E-state index in [1.807, 2.05) is 0 Å². The molecule has 0 atom stereocenters. The van der Waals surface area contributed by atoms with Crippen LogP contribution >= 0.6 is 23.1 Å². The van der Waals surface area contributed by atoms with E-state index in [0.717, 1.165) is 11.5 Å². The molecule has 5 heteroatoms. The number of carbonyl (C=O) groups is 1. The topological polar surface area (TPSA) is 42.9 Å². The van der Waals surface area contributed by atoms with Gasteiger partial charge in [0.05, 0.1) is 11.6 Å². The minimum Gasteiger partial charge on any atom is -0.292 e. The average Bonchev–Trinajstić information content (AvgIpc) is 2.34. The van der Waals surface area contributed by atoms with Crippen LogP contribution in [0.25, 0.3) is 0 Å². The second-order valence-electron chi connectivity index (χ2n) is 1.74. The Morgan fingerprint density at radius 1 is 1.80 bits per heavy atom. The summed E-state index contributed by atoms with van der Waals surface area (Å²) in [6, 6.07) is 0. The third-order valence-corrected chi connectivity index (χ3v) is 2.14. The second kappa shape index (κ2) is 3.07. The molecule has 0 spiro atoms. The lowest BCUT2D eigenvalue weighted by molar-refractivity contribution is 0.102. The van der Waals surface area contributed by atoms with Gasteiger partial charge < -0.3 is 0 Å². The Kier molecular flexibility index (Phi) is 2.34. The smallest absolute Gasteiger partial charge is 0.191 e. The highest BCUT2D eigenvalue weighted by atomic mass is 35.5. The largest absolute Gasteiger partial charge is 0.292 e. The monoisotopic (exact) mass is 176 g/mol. The molecule has 0 aliphatic heterocycles. The molecule has 0 unspecified atom stereocenters. The number of ketones is 1. The summed E-state index contributed by atoms with van der Waals surface area (Å²) >= 11 is 6.40. The Hall–Kier alpha value is -0.480. The van der Waals surface area contributed by atoms with E-state index in [9.17, 15) is 4.79 Å². The number of aromatic nitrogens is 2. The van der Waals surface area contributed by atoms with Crippen molar-refractivity contribution in [1.29, 1.82) is 0 Å². The number of hydrogen-bond donors (Lipinski definition) is 0. The first kappa shape index (κ1) is 7.63. The number of alkyl halides is 1. The van der Waals surface area contributed by atoms with Crippen molar-refractivity contribution < 1.29 is 4.79 Å². The van der Waals surface area contributed by atoms with Gasteiger partial charge in [-0.3, -0.25) is 4.79 Å². The molecule has 0 saturated heterocycles. The standard InChI is InChI=1S/C5H5ClN2OS/c1-3-5(4(9)2-6)10-8-7-3/h2H2,1H3. The SMILES string of the molecule is Cc1nnsc1C(=O)CCl. The zero-order chi connectivity index (χ0) is 7.56. The molecular weight excluding hydrogens is 172 g/mol. The first-order chi connectivity index (χ1) is 4.75. The molecule has 1 heterocycles. The molecule has 1 aromatic rings. The van der Waals surface area contributed by atoms with Crippen molar-refractivity contribution in [3.8, 4) is 0 Å². The van der Waals surface area contributed by atoms with Crippen molar-refractivity contribution in [2.45, 2.75) is 6.92 Å². The molecule has 0 bridgehead atoms. The summed E-state index contributed by atoms with van der Waals surface area (Å²) < 4.78 is 3.60. The lowest BCUT2D eigenvalue weighted by atomic mass is 10.3. The molecule has 54 valence electrons. The van der Waals surface area contributed by atoms with Crippen molar-refractivity contribution >= 4 is 28.9 Å². The van der Waals surface area contributed by atoms with Crippen LogP contribution in [0.2, 0.25) is 0 Å². The predicted octanol–water partition coefficient (Wildman–Crippen LogP) is 1.27. The third kappa shape index (κ3) is 1.33. The van der Waals surface area contributed by atoms with Gasteiger partial charge in [0.25, 0.3) is 0 Å². The van der Waals surface area contributed by atoms with Crippen LogP contribution in [0.5, 0.6) is 0 Å². The quantitative estimate of drug-likeness (QED) is 0.504. The van der Waals surface area contributed by atoms with Gasteiger partial charge >= 0.3 is 0 Å². The van der Waals surface area contributed by atoms with Crippen LogP contribution in [0.3, 0.4) is 0 Å². The molecule has 1 aromatic heterocycles. The number of Topliss-reactive ketones (excluding diaryl/α,β-unsaturated/α-hetero) is 1. The number of carbonyl (C=O) groups excluding carboxylic acids is 1. The number of hydrogen-bond acceptors (Lipinski definition) is 4. The normalized spacial score (nSPS) is 9.80. The third-order valence-electron chi connectivity index (χ3n) is 1.03. The van der Waals surface area contributed by atoms with Gasteiger partial charge in [-0.1, -0.05) is 4.49 Å². The molecule has 0 fully saturated rings. The second-order valence-corrected chi connectivity index (χ2v) is 2.77. The molecule has 1 rings (SSSR count). The average molecular weight is 177 g/mol. The highest BCUT2D eigenvalue weighted by Crippen LogP contribution is 2.09. The summed E-state index contributed by atoms with van der Waals surface area (Å²) in [5, 5.41) is 3.67. The minimum atomic E-state index is -0.103. The Morgan fingerprint density at radius 2 is 2.50 bits per heavy atom. The lowest BCUT2D eigenvalue weighted by Gasteiger charge is -1.87. The fraction of sp³-hybridized carbons (Fsp3) is 0.400. The molecule has 0 aliphatic carbocycles. The maximum absolute atomic E-state index is 10.9. The summed E-state index contributed by atoms with van der Waals surface area (Å²) in [7, 11) is 0. The van der Waals surface area contributed by atoms with Crippen molar-refractivity contribution in [3.63, 3.8) is 0 Å². The summed E-state index contributed by atoms with van der Waals surface area (Å²) in [6.07, 6.45) is 0. The number of rotatable bonds is 2. The Bertz CT molecular complexity index is 248. The van der Waals surface area contributed by atoms with Crippen molar-refractivity contribution in [2.75, 3.05) is 5.88 Å². The van der Waals surface area contributed by atoms with Gasteiger partial charge in [0.15, 0.2) is 5.78 Å². The molecule has 0 aliphatic rings. The molecule has 0 saturated carbocycles. The Morgan fingerprint density at radius 3 is 2.90 bits per heavy atom. The molecule has 10 heavy (non-hydrogen) atoms. The van der Waals surface area contributed by atoms with Gasteiger partial charge in [-0.05, 0) is 18.5 Å². The van der Waals surface area contributed by atoms with E-state index in [4.69, 9.17) is 11.6 Å². The fourth-order valence-electron chi connectivity index (χ4n) is 0.547. The van der Waals surface area contributed by atoms with Crippen molar-refractivity contribution in [2.24, 2.45) is 0 Å². The van der Waals surface area contributed by atoms with E-state index in [1.165, 1.54) is 0 Å². The zero-order valence-electron chi connectivity index (χ0n) is 5.30. The molecular formula is C5H5ClN2OS. The van der Waals surface area contributed by atoms with Gasteiger partial charge in [0, 0.05) is 0 Å². The minimum absolute atomic E-state index is 0.00468. The zero-order valence-corrected chi connectivity index (χ0v) is 6.87. The Balaban J connectivity index is 2.93. The maximum atomic E-state index is 10.9. The summed E-state index contributed by atoms with van der Waals surface area (Å²) in [4.78, 5) is 11.5. The van der Waals surface area contributed by atoms with Gasteiger partial charge in [0.2, 0.25) is 0 Å².